The van der Waals surface area contributed by atoms with Gasteiger partial charge >= 0.3 is 0 Å². The molecule has 1 amide bonds. The van der Waals surface area contributed by atoms with Crippen molar-refractivity contribution in [3.8, 4) is 0 Å². The highest BCUT2D eigenvalue weighted by molar-refractivity contribution is 5.76. The number of hydrogen-bond acceptors (Lipinski definition) is 3. The highest BCUT2D eigenvalue weighted by Crippen LogP contribution is 2.30. The van der Waals surface area contributed by atoms with E-state index in [9.17, 15) is 4.79 Å². The van der Waals surface area contributed by atoms with Gasteiger partial charge in [0, 0.05) is 12.5 Å². The quantitative estimate of drug-likeness (QED) is 0.876. The minimum atomic E-state index is 0.310. The number of nitrogens with zero attached hydrogens (tertiary/aromatic N) is 1. The van der Waals surface area contributed by atoms with Crippen molar-refractivity contribution in [1.82, 2.24) is 10.2 Å². The molecule has 0 spiro atoms. The Hall–Kier alpha value is -1.29. The molecule has 1 saturated carbocycles. The zero-order valence-electron chi connectivity index (χ0n) is 12.9. The maximum Gasteiger partial charge on any atom is 0.223 e. The van der Waals surface area contributed by atoms with Crippen LogP contribution in [-0.4, -0.2) is 29.9 Å². The Kier molecular flexibility index (Phi) is 4.63. The van der Waals surface area contributed by atoms with Crippen LogP contribution in [0.25, 0.3) is 0 Å². The summed E-state index contributed by atoms with van der Waals surface area (Å²) in [4.78, 5) is 14.6. The number of carbonyl (C=O) groups is 1. The molecule has 1 aromatic heterocycles. The van der Waals surface area contributed by atoms with Crippen LogP contribution in [0.2, 0.25) is 0 Å². The number of carbonyl (C=O) groups excluding carboxylic acids is 1. The van der Waals surface area contributed by atoms with E-state index in [2.05, 4.69) is 5.32 Å². The van der Waals surface area contributed by atoms with Crippen LogP contribution in [0.5, 0.6) is 0 Å². The van der Waals surface area contributed by atoms with Gasteiger partial charge in [0.1, 0.15) is 11.5 Å². The Morgan fingerprint density at radius 3 is 2.67 bits per heavy atom. The molecule has 1 N–H and O–H groups in total. The molecule has 1 aliphatic heterocycles. The van der Waals surface area contributed by atoms with Gasteiger partial charge in [-0.15, -0.1) is 0 Å². The van der Waals surface area contributed by atoms with Gasteiger partial charge in [-0.05, 0) is 70.2 Å². The number of amides is 1. The molecule has 4 nitrogen and oxygen atoms in total. The first-order chi connectivity index (χ1) is 10.2. The third-order valence-corrected chi connectivity index (χ3v) is 4.66. The third-order valence-electron chi connectivity index (χ3n) is 4.66. The topological polar surface area (TPSA) is 45.5 Å². The van der Waals surface area contributed by atoms with Crippen molar-refractivity contribution in [1.29, 1.82) is 0 Å². The average Bonchev–Trinajstić information content (AvgIpc) is 3.26. The Labute approximate surface area is 126 Å². The highest BCUT2D eigenvalue weighted by Gasteiger charge is 2.33. The first kappa shape index (κ1) is 14.6. The molecular formula is C17H26N2O2. The van der Waals surface area contributed by atoms with Crippen LogP contribution in [0.4, 0.5) is 0 Å². The van der Waals surface area contributed by atoms with Gasteiger partial charge in [0.15, 0.2) is 0 Å². The van der Waals surface area contributed by atoms with E-state index in [0.29, 0.717) is 24.9 Å². The molecule has 0 bridgehead atoms. The fraction of sp³-hybridized carbons (Fsp3) is 0.706. The molecule has 3 rings (SSSR count). The third kappa shape index (κ3) is 4.10. The number of hydrogen-bond donors (Lipinski definition) is 1. The van der Waals surface area contributed by atoms with E-state index >= 15 is 0 Å². The van der Waals surface area contributed by atoms with Crippen LogP contribution < -0.4 is 5.32 Å². The van der Waals surface area contributed by atoms with Gasteiger partial charge in [0.2, 0.25) is 5.91 Å². The zero-order valence-corrected chi connectivity index (χ0v) is 12.9. The fourth-order valence-corrected chi connectivity index (χ4v) is 3.19. The summed E-state index contributed by atoms with van der Waals surface area (Å²) in [7, 11) is 0. The minimum absolute atomic E-state index is 0.310. The number of rotatable bonds is 6. The number of furan rings is 1. The van der Waals surface area contributed by atoms with Crippen LogP contribution in [-0.2, 0) is 11.3 Å². The zero-order chi connectivity index (χ0) is 14.7. The van der Waals surface area contributed by atoms with Crippen LogP contribution >= 0.6 is 0 Å². The Morgan fingerprint density at radius 2 is 2.05 bits per heavy atom. The summed E-state index contributed by atoms with van der Waals surface area (Å²) < 4.78 is 5.63. The summed E-state index contributed by atoms with van der Waals surface area (Å²) in [5.74, 6) is 2.87. The maximum absolute atomic E-state index is 12.5. The molecule has 1 aromatic rings. The predicted molar refractivity (Wildman–Crippen MR) is 81.8 cm³/mol. The normalized spacial score (nSPS) is 19.7. The molecule has 2 heterocycles. The van der Waals surface area contributed by atoms with E-state index in [0.717, 1.165) is 49.8 Å². The van der Waals surface area contributed by atoms with Gasteiger partial charge in [-0.25, -0.2) is 0 Å². The van der Waals surface area contributed by atoms with Crippen molar-refractivity contribution in [2.24, 2.45) is 5.92 Å². The van der Waals surface area contributed by atoms with E-state index in [1.807, 2.05) is 24.0 Å². The summed E-state index contributed by atoms with van der Waals surface area (Å²) >= 11 is 0. The largest absolute Gasteiger partial charge is 0.464 e. The maximum atomic E-state index is 12.5. The van der Waals surface area contributed by atoms with Crippen LogP contribution in [0, 0.1) is 12.8 Å². The Morgan fingerprint density at radius 1 is 1.29 bits per heavy atom. The fourth-order valence-electron chi connectivity index (χ4n) is 3.19. The molecule has 0 atom stereocenters. The van der Waals surface area contributed by atoms with Crippen LogP contribution in [0.3, 0.4) is 0 Å². The molecule has 0 aromatic carbocycles. The highest BCUT2D eigenvalue weighted by atomic mass is 16.3. The monoisotopic (exact) mass is 290 g/mol. The lowest BCUT2D eigenvalue weighted by Crippen LogP contribution is -2.33. The van der Waals surface area contributed by atoms with Crippen molar-refractivity contribution < 1.29 is 9.21 Å². The molecule has 21 heavy (non-hydrogen) atoms. The average molecular weight is 290 g/mol. The van der Waals surface area contributed by atoms with Gasteiger partial charge in [-0.1, -0.05) is 0 Å². The van der Waals surface area contributed by atoms with E-state index in [1.165, 1.54) is 12.8 Å². The van der Waals surface area contributed by atoms with Gasteiger partial charge in [0.25, 0.3) is 0 Å². The smallest absolute Gasteiger partial charge is 0.223 e. The SMILES string of the molecule is Cc1ccc(CN(C(=O)CCC2CCNCC2)C2CC2)o1. The molecule has 0 radical (unpaired) electrons. The van der Waals surface area contributed by atoms with E-state index in [1.54, 1.807) is 0 Å². The molecule has 1 saturated heterocycles. The second kappa shape index (κ2) is 6.65. The lowest BCUT2D eigenvalue weighted by atomic mass is 9.93. The van der Waals surface area contributed by atoms with Crippen molar-refractivity contribution in [2.75, 3.05) is 13.1 Å². The standard InChI is InChI=1S/C17H26N2O2/c1-13-2-6-16(21-13)12-19(15-4-5-15)17(20)7-3-14-8-10-18-11-9-14/h2,6,14-15,18H,3-5,7-12H2,1H3. The van der Waals surface area contributed by atoms with Crippen molar-refractivity contribution in [2.45, 2.75) is 58.0 Å². The predicted octanol–water partition coefficient (Wildman–Crippen LogP) is 2.86. The molecule has 0 unspecified atom stereocenters. The summed E-state index contributed by atoms with van der Waals surface area (Å²) in [6, 6.07) is 4.42. The van der Waals surface area contributed by atoms with Crippen molar-refractivity contribution >= 4 is 5.91 Å². The van der Waals surface area contributed by atoms with E-state index in [4.69, 9.17) is 4.42 Å². The summed E-state index contributed by atoms with van der Waals surface area (Å²) in [5, 5.41) is 3.38. The molecule has 2 fully saturated rings. The second-order valence-corrected chi connectivity index (χ2v) is 6.50. The number of piperidine rings is 1. The molecule has 2 aliphatic rings. The minimum Gasteiger partial charge on any atom is -0.464 e. The lowest BCUT2D eigenvalue weighted by molar-refractivity contribution is -0.133. The number of aryl methyl sites for hydroxylation is 1. The molecular weight excluding hydrogens is 264 g/mol. The summed E-state index contributed by atoms with van der Waals surface area (Å²) in [6.07, 6.45) is 6.47. The first-order valence-corrected chi connectivity index (χ1v) is 8.28. The van der Waals surface area contributed by atoms with Crippen LogP contribution in [0.15, 0.2) is 16.5 Å². The second-order valence-electron chi connectivity index (χ2n) is 6.50. The van der Waals surface area contributed by atoms with Gasteiger partial charge in [-0.2, -0.15) is 0 Å². The van der Waals surface area contributed by atoms with Gasteiger partial charge in [0.05, 0.1) is 6.54 Å². The van der Waals surface area contributed by atoms with Crippen LogP contribution in [0.1, 0.15) is 50.0 Å². The van der Waals surface area contributed by atoms with Crippen molar-refractivity contribution in [3.63, 3.8) is 0 Å². The summed E-state index contributed by atoms with van der Waals surface area (Å²) in [5.41, 5.74) is 0. The Bertz CT molecular complexity index is 473. The molecule has 1 aliphatic carbocycles. The van der Waals surface area contributed by atoms with Gasteiger partial charge < -0.3 is 14.6 Å². The van der Waals surface area contributed by atoms with Gasteiger partial charge in [-0.3, -0.25) is 4.79 Å². The number of nitrogens with one attached hydrogen (secondary N) is 1. The van der Waals surface area contributed by atoms with E-state index in [-0.39, 0.29) is 0 Å². The molecule has 116 valence electrons. The first-order valence-electron chi connectivity index (χ1n) is 8.28. The lowest BCUT2D eigenvalue weighted by Gasteiger charge is -2.25. The summed E-state index contributed by atoms with van der Waals surface area (Å²) in [6.45, 7) is 4.81. The Balaban J connectivity index is 1.52. The van der Waals surface area contributed by atoms with E-state index < -0.39 is 0 Å². The van der Waals surface area contributed by atoms with Crippen molar-refractivity contribution in [3.05, 3.63) is 23.7 Å². The molecule has 4 heteroatoms.